The van der Waals surface area contributed by atoms with Crippen LogP contribution in [0, 0.1) is 19.8 Å². The van der Waals surface area contributed by atoms with E-state index in [4.69, 9.17) is 11.6 Å². The van der Waals surface area contributed by atoms with Gasteiger partial charge in [-0.3, -0.25) is 0 Å². The third kappa shape index (κ3) is 12.5. The van der Waals surface area contributed by atoms with Gasteiger partial charge < -0.3 is 5.32 Å². The molecule has 0 spiro atoms. The van der Waals surface area contributed by atoms with E-state index >= 15 is 0 Å². The standard InChI is InChI=1S/C16H24ClN.C3H8.2C2H6/c1-11-8-12(2)16(15(17)9-11)13(3)10-18-7-6-14-4-5-14;1-3-2;2*1-2/h8-9,13-14,18H,4-7,10H2,1-3H3;3H2,1-2H3;2*1-2H3. The van der Waals surface area contributed by atoms with Gasteiger partial charge in [0.2, 0.25) is 0 Å². The molecule has 1 aliphatic carbocycles. The van der Waals surface area contributed by atoms with E-state index in [1.807, 2.05) is 27.7 Å². The molecule has 1 aliphatic rings. The molecule has 1 atom stereocenters. The van der Waals surface area contributed by atoms with Crippen LogP contribution in [0.2, 0.25) is 5.02 Å². The molecule has 0 aliphatic heterocycles. The maximum Gasteiger partial charge on any atom is 0.0446 e. The summed E-state index contributed by atoms with van der Waals surface area (Å²) in [4.78, 5) is 0. The van der Waals surface area contributed by atoms with E-state index in [2.05, 4.69) is 52.1 Å². The van der Waals surface area contributed by atoms with Gasteiger partial charge in [-0.1, -0.05) is 85.4 Å². The minimum atomic E-state index is 0.484. The molecule has 1 nitrogen and oxygen atoms in total. The Morgan fingerprint density at radius 3 is 2.04 bits per heavy atom. The molecule has 1 fully saturated rings. The zero-order valence-electron chi connectivity index (χ0n) is 18.4. The average Bonchev–Trinajstić information content (AvgIpc) is 3.39. The van der Waals surface area contributed by atoms with Crippen LogP contribution in [0.1, 0.15) is 96.8 Å². The molecule has 0 amide bonds. The van der Waals surface area contributed by atoms with Gasteiger partial charge in [0.25, 0.3) is 0 Å². The lowest BCUT2D eigenvalue weighted by Crippen LogP contribution is -2.22. The first-order chi connectivity index (χ1) is 12.0. The molecule has 1 aromatic rings. The van der Waals surface area contributed by atoms with E-state index in [0.717, 1.165) is 24.0 Å². The van der Waals surface area contributed by atoms with Gasteiger partial charge in [0.1, 0.15) is 0 Å². The number of benzene rings is 1. The van der Waals surface area contributed by atoms with Crippen molar-refractivity contribution in [3.8, 4) is 0 Å². The fourth-order valence-electron chi connectivity index (χ4n) is 2.68. The first kappa shape index (κ1) is 26.7. The van der Waals surface area contributed by atoms with E-state index in [0.29, 0.717) is 5.92 Å². The quantitative estimate of drug-likeness (QED) is 0.502. The number of halogens is 1. The topological polar surface area (TPSA) is 12.0 Å². The Morgan fingerprint density at radius 1 is 1.08 bits per heavy atom. The fraction of sp³-hybridized carbons (Fsp3) is 0.739. The van der Waals surface area contributed by atoms with Crippen molar-refractivity contribution in [2.45, 2.75) is 93.9 Å². The Labute approximate surface area is 164 Å². The highest BCUT2D eigenvalue weighted by atomic mass is 35.5. The van der Waals surface area contributed by atoms with Crippen LogP contribution in [0.5, 0.6) is 0 Å². The molecular formula is C23H44ClN. The SMILES string of the molecule is CC.CC.CCC.Cc1cc(C)c(C(C)CNCCC2CC2)c(Cl)c1. The van der Waals surface area contributed by atoms with Gasteiger partial charge in [-0.25, -0.2) is 0 Å². The Bertz CT molecular complexity index is 401. The highest BCUT2D eigenvalue weighted by Crippen LogP contribution is 2.32. The Hall–Kier alpha value is -0.530. The molecule has 1 aromatic carbocycles. The number of aryl methyl sites for hydroxylation is 2. The minimum Gasteiger partial charge on any atom is -0.316 e. The normalized spacial score (nSPS) is 13.4. The van der Waals surface area contributed by atoms with Crippen molar-refractivity contribution >= 4 is 11.6 Å². The van der Waals surface area contributed by atoms with Crippen LogP contribution in [-0.2, 0) is 0 Å². The van der Waals surface area contributed by atoms with Gasteiger partial charge in [-0.2, -0.15) is 0 Å². The fourth-order valence-corrected chi connectivity index (χ4v) is 3.19. The average molecular weight is 370 g/mol. The molecule has 0 aromatic heterocycles. The Morgan fingerprint density at radius 2 is 1.60 bits per heavy atom. The molecule has 0 radical (unpaired) electrons. The van der Waals surface area contributed by atoms with Crippen molar-refractivity contribution in [2.24, 2.45) is 5.92 Å². The lowest BCUT2D eigenvalue weighted by atomic mass is 9.94. The van der Waals surface area contributed by atoms with Gasteiger partial charge in [0.15, 0.2) is 0 Å². The van der Waals surface area contributed by atoms with Crippen molar-refractivity contribution in [2.75, 3.05) is 13.1 Å². The van der Waals surface area contributed by atoms with Gasteiger partial charge in [0, 0.05) is 11.6 Å². The number of hydrogen-bond donors (Lipinski definition) is 1. The van der Waals surface area contributed by atoms with Crippen LogP contribution in [0.3, 0.4) is 0 Å². The molecule has 0 bridgehead atoms. The number of nitrogens with one attached hydrogen (secondary N) is 1. The molecule has 1 unspecified atom stereocenters. The second-order valence-corrected chi connectivity index (χ2v) is 6.93. The lowest BCUT2D eigenvalue weighted by molar-refractivity contribution is 0.573. The van der Waals surface area contributed by atoms with Crippen LogP contribution in [-0.4, -0.2) is 13.1 Å². The van der Waals surface area contributed by atoms with Crippen molar-refractivity contribution < 1.29 is 0 Å². The van der Waals surface area contributed by atoms with Crippen LogP contribution < -0.4 is 5.32 Å². The molecule has 0 saturated heterocycles. The molecule has 1 saturated carbocycles. The van der Waals surface area contributed by atoms with Gasteiger partial charge >= 0.3 is 0 Å². The van der Waals surface area contributed by atoms with E-state index in [9.17, 15) is 0 Å². The van der Waals surface area contributed by atoms with Crippen LogP contribution in [0.15, 0.2) is 12.1 Å². The summed E-state index contributed by atoms with van der Waals surface area (Å²) in [5.74, 6) is 1.50. The second-order valence-electron chi connectivity index (χ2n) is 6.52. The summed E-state index contributed by atoms with van der Waals surface area (Å²) >= 11 is 6.38. The molecule has 25 heavy (non-hydrogen) atoms. The van der Waals surface area contributed by atoms with Crippen LogP contribution in [0.4, 0.5) is 0 Å². The summed E-state index contributed by atoms with van der Waals surface area (Å²) in [5, 5.41) is 4.49. The molecule has 0 heterocycles. The van der Waals surface area contributed by atoms with E-state index in [1.165, 1.54) is 42.4 Å². The summed E-state index contributed by atoms with van der Waals surface area (Å²) < 4.78 is 0. The summed E-state index contributed by atoms with van der Waals surface area (Å²) in [7, 11) is 0. The first-order valence-electron chi connectivity index (χ1n) is 10.5. The molecule has 2 heteroatoms. The lowest BCUT2D eigenvalue weighted by Gasteiger charge is -2.18. The number of rotatable bonds is 6. The maximum absolute atomic E-state index is 6.38. The summed E-state index contributed by atoms with van der Waals surface area (Å²) in [6, 6.07) is 4.30. The molecule has 1 N–H and O–H groups in total. The smallest absolute Gasteiger partial charge is 0.0446 e. The summed E-state index contributed by atoms with van der Waals surface area (Å²) in [6.07, 6.45) is 5.48. The molecule has 148 valence electrons. The van der Waals surface area contributed by atoms with Crippen LogP contribution >= 0.6 is 11.6 Å². The predicted molar refractivity (Wildman–Crippen MR) is 118 cm³/mol. The van der Waals surface area contributed by atoms with Gasteiger partial charge in [-0.05, 0) is 61.4 Å². The van der Waals surface area contributed by atoms with Crippen molar-refractivity contribution in [3.63, 3.8) is 0 Å². The minimum absolute atomic E-state index is 0.484. The Kier molecular flexibility index (Phi) is 18.1. The van der Waals surface area contributed by atoms with E-state index in [-0.39, 0.29) is 0 Å². The highest BCUT2D eigenvalue weighted by molar-refractivity contribution is 6.31. The molecular weight excluding hydrogens is 326 g/mol. The van der Waals surface area contributed by atoms with Crippen molar-refractivity contribution in [1.29, 1.82) is 0 Å². The monoisotopic (exact) mass is 369 g/mol. The summed E-state index contributed by atoms with van der Waals surface area (Å²) in [5.41, 5.74) is 3.87. The zero-order chi connectivity index (χ0) is 19.8. The third-order valence-corrected chi connectivity index (χ3v) is 4.16. The zero-order valence-corrected chi connectivity index (χ0v) is 19.2. The first-order valence-corrected chi connectivity index (χ1v) is 10.8. The van der Waals surface area contributed by atoms with Gasteiger partial charge in [0.05, 0.1) is 0 Å². The van der Waals surface area contributed by atoms with Crippen LogP contribution in [0.25, 0.3) is 0 Å². The van der Waals surface area contributed by atoms with Crippen molar-refractivity contribution in [1.82, 2.24) is 5.32 Å². The number of hydrogen-bond acceptors (Lipinski definition) is 1. The third-order valence-electron chi connectivity index (χ3n) is 3.85. The van der Waals surface area contributed by atoms with Gasteiger partial charge in [-0.15, -0.1) is 0 Å². The molecule has 2 rings (SSSR count). The predicted octanol–water partition coefficient (Wildman–Crippen LogP) is 7.92. The summed E-state index contributed by atoms with van der Waals surface area (Å²) in [6.45, 7) is 20.9. The van der Waals surface area contributed by atoms with E-state index in [1.54, 1.807) is 0 Å². The Balaban J connectivity index is 0. The maximum atomic E-state index is 6.38. The second kappa shape index (κ2) is 16.9. The van der Waals surface area contributed by atoms with Crippen molar-refractivity contribution in [3.05, 3.63) is 33.8 Å². The van der Waals surface area contributed by atoms with E-state index < -0.39 is 0 Å². The largest absolute Gasteiger partial charge is 0.316 e. The highest BCUT2D eigenvalue weighted by Gasteiger charge is 2.20.